The Kier molecular flexibility index (Phi) is 2.94. The second kappa shape index (κ2) is 3.65. The van der Waals surface area contributed by atoms with E-state index in [1.165, 1.54) is 0 Å². The topological polar surface area (TPSA) is 64.2 Å². The van der Waals surface area contributed by atoms with E-state index in [0.29, 0.717) is 12.3 Å². The van der Waals surface area contributed by atoms with Gasteiger partial charge in [-0.1, -0.05) is 6.92 Å². The standard InChI is InChI=1S/C10H17NO2/c1-7-3-9(8(2)13)10(4-7,5-11)6-12/h7-9,12-13H,3-4,6H2,1-2H3. The van der Waals surface area contributed by atoms with E-state index >= 15 is 0 Å². The first kappa shape index (κ1) is 10.5. The van der Waals surface area contributed by atoms with Crippen LogP contribution in [0.5, 0.6) is 0 Å². The first-order valence-corrected chi connectivity index (χ1v) is 4.76. The second-order valence-electron chi connectivity index (χ2n) is 4.32. The van der Waals surface area contributed by atoms with E-state index in [-0.39, 0.29) is 12.5 Å². The lowest BCUT2D eigenvalue weighted by molar-refractivity contribution is 0.0430. The maximum atomic E-state index is 9.51. The molecule has 0 spiro atoms. The molecule has 1 aliphatic rings. The SMILES string of the molecule is CC1CC(C(C)O)C(C#N)(CO)C1. The lowest BCUT2D eigenvalue weighted by Gasteiger charge is -2.28. The van der Waals surface area contributed by atoms with Crippen molar-refractivity contribution >= 4 is 0 Å². The normalized spacial score (nSPS) is 41.5. The Morgan fingerprint density at radius 2 is 2.31 bits per heavy atom. The van der Waals surface area contributed by atoms with E-state index in [0.717, 1.165) is 6.42 Å². The monoisotopic (exact) mass is 183 g/mol. The average Bonchev–Trinajstić information content (AvgIpc) is 2.43. The molecule has 0 saturated heterocycles. The molecule has 1 aliphatic carbocycles. The van der Waals surface area contributed by atoms with Gasteiger partial charge in [0, 0.05) is 5.92 Å². The molecule has 0 aromatic carbocycles. The van der Waals surface area contributed by atoms with Crippen molar-refractivity contribution in [1.29, 1.82) is 5.26 Å². The number of aliphatic hydroxyl groups excluding tert-OH is 2. The highest BCUT2D eigenvalue weighted by Gasteiger charge is 2.48. The maximum absolute atomic E-state index is 9.51. The summed E-state index contributed by atoms with van der Waals surface area (Å²) in [5, 5.41) is 27.8. The summed E-state index contributed by atoms with van der Waals surface area (Å²) in [4.78, 5) is 0. The van der Waals surface area contributed by atoms with Gasteiger partial charge in [-0.25, -0.2) is 0 Å². The molecule has 0 radical (unpaired) electrons. The van der Waals surface area contributed by atoms with Crippen LogP contribution in [0.3, 0.4) is 0 Å². The number of nitriles is 1. The minimum Gasteiger partial charge on any atom is -0.395 e. The lowest BCUT2D eigenvalue weighted by atomic mass is 9.77. The first-order chi connectivity index (χ1) is 6.05. The highest BCUT2D eigenvalue weighted by molar-refractivity contribution is 5.09. The molecule has 3 heteroatoms. The Balaban J connectivity index is 2.88. The van der Waals surface area contributed by atoms with Crippen LogP contribution < -0.4 is 0 Å². The van der Waals surface area contributed by atoms with E-state index in [9.17, 15) is 10.2 Å². The summed E-state index contributed by atoms with van der Waals surface area (Å²) in [6.45, 7) is 3.62. The quantitative estimate of drug-likeness (QED) is 0.669. The molecule has 3 nitrogen and oxygen atoms in total. The number of hydrogen-bond acceptors (Lipinski definition) is 3. The van der Waals surface area contributed by atoms with E-state index in [2.05, 4.69) is 13.0 Å². The molecule has 1 rings (SSSR count). The molecule has 0 aromatic heterocycles. The highest BCUT2D eigenvalue weighted by atomic mass is 16.3. The molecule has 0 aliphatic heterocycles. The average molecular weight is 183 g/mol. The summed E-state index contributed by atoms with van der Waals surface area (Å²) in [7, 11) is 0. The summed E-state index contributed by atoms with van der Waals surface area (Å²) in [5.41, 5.74) is -0.701. The maximum Gasteiger partial charge on any atom is 0.0859 e. The molecule has 2 N–H and O–H groups in total. The van der Waals surface area contributed by atoms with Crippen LogP contribution in [0.2, 0.25) is 0 Å². The fraction of sp³-hybridized carbons (Fsp3) is 0.900. The Hall–Kier alpha value is -0.590. The lowest BCUT2D eigenvalue weighted by Crippen LogP contribution is -2.34. The summed E-state index contributed by atoms with van der Waals surface area (Å²) in [5.74, 6) is 0.351. The summed E-state index contributed by atoms with van der Waals surface area (Å²) >= 11 is 0. The third kappa shape index (κ3) is 1.70. The van der Waals surface area contributed by atoms with Gasteiger partial charge in [0.25, 0.3) is 0 Å². The van der Waals surface area contributed by atoms with Crippen molar-refractivity contribution in [3.05, 3.63) is 0 Å². The largest absolute Gasteiger partial charge is 0.395 e. The molecular formula is C10H17NO2. The third-order valence-corrected chi connectivity index (χ3v) is 3.17. The summed E-state index contributed by atoms with van der Waals surface area (Å²) < 4.78 is 0. The van der Waals surface area contributed by atoms with Crippen LogP contribution in [0.25, 0.3) is 0 Å². The Morgan fingerprint density at radius 3 is 2.62 bits per heavy atom. The second-order valence-corrected chi connectivity index (χ2v) is 4.32. The van der Waals surface area contributed by atoms with E-state index in [1.54, 1.807) is 6.92 Å². The molecule has 1 fully saturated rings. The van der Waals surface area contributed by atoms with Gasteiger partial charge in [0.1, 0.15) is 0 Å². The van der Waals surface area contributed by atoms with Crippen molar-refractivity contribution in [1.82, 2.24) is 0 Å². The van der Waals surface area contributed by atoms with Gasteiger partial charge in [0.15, 0.2) is 0 Å². The fourth-order valence-corrected chi connectivity index (χ4v) is 2.52. The van der Waals surface area contributed by atoms with Crippen molar-refractivity contribution in [2.75, 3.05) is 6.61 Å². The molecule has 0 amide bonds. The van der Waals surface area contributed by atoms with Gasteiger partial charge in [-0.2, -0.15) is 5.26 Å². The Labute approximate surface area is 79.0 Å². The van der Waals surface area contributed by atoms with Gasteiger partial charge in [-0.3, -0.25) is 0 Å². The zero-order valence-electron chi connectivity index (χ0n) is 8.20. The smallest absolute Gasteiger partial charge is 0.0859 e. The van der Waals surface area contributed by atoms with E-state index < -0.39 is 11.5 Å². The van der Waals surface area contributed by atoms with Crippen LogP contribution in [-0.2, 0) is 0 Å². The van der Waals surface area contributed by atoms with Crippen molar-refractivity contribution in [3.63, 3.8) is 0 Å². The van der Waals surface area contributed by atoms with Gasteiger partial charge in [-0.15, -0.1) is 0 Å². The molecule has 0 heterocycles. The van der Waals surface area contributed by atoms with Gasteiger partial charge in [-0.05, 0) is 25.7 Å². The van der Waals surface area contributed by atoms with Gasteiger partial charge >= 0.3 is 0 Å². The minimum atomic E-state index is -0.701. The van der Waals surface area contributed by atoms with Crippen molar-refractivity contribution in [2.45, 2.75) is 32.8 Å². The molecule has 0 aromatic rings. The van der Waals surface area contributed by atoms with Gasteiger partial charge in [0.05, 0.1) is 24.2 Å². The van der Waals surface area contributed by atoms with Crippen LogP contribution in [0.1, 0.15) is 26.7 Å². The van der Waals surface area contributed by atoms with Crippen LogP contribution in [0, 0.1) is 28.6 Å². The number of aliphatic hydroxyl groups is 2. The number of nitrogens with zero attached hydrogens (tertiary/aromatic N) is 1. The third-order valence-electron chi connectivity index (χ3n) is 3.17. The number of hydrogen-bond donors (Lipinski definition) is 2. The molecular weight excluding hydrogens is 166 g/mol. The van der Waals surface area contributed by atoms with E-state index in [4.69, 9.17) is 5.26 Å². The molecule has 0 bridgehead atoms. The van der Waals surface area contributed by atoms with Crippen LogP contribution in [-0.4, -0.2) is 22.9 Å². The van der Waals surface area contributed by atoms with Crippen molar-refractivity contribution in [2.24, 2.45) is 17.3 Å². The van der Waals surface area contributed by atoms with Gasteiger partial charge in [0.2, 0.25) is 0 Å². The van der Waals surface area contributed by atoms with E-state index in [1.807, 2.05) is 0 Å². The Morgan fingerprint density at radius 1 is 1.69 bits per heavy atom. The van der Waals surface area contributed by atoms with Crippen molar-refractivity contribution in [3.8, 4) is 6.07 Å². The van der Waals surface area contributed by atoms with Crippen molar-refractivity contribution < 1.29 is 10.2 Å². The predicted molar refractivity (Wildman–Crippen MR) is 48.7 cm³/mol. The minimum absolute atomic E-state index is 0.0718. The molecule has 13 heavy (non-hydrogen) atoms. The van der Waals surface area contributed by atoms with Crippen LogP contribution >= 0.6 is 0 Å². The number of rotatable bonds is 2. The zero-order chi connectivity index (χ0) is 10.1. The predicted octanol–water partition coefficient (Wildman–Crippen LogP) is 0.916. The summed E-state index contributed by atoms with van der Waals surface area (Å²) in [6.07, 6.45) is 1.04. The van der Waals surface area contributed by atoms with Crippen LogP contribution in [0.15, 0.2) is 0 Å². The molecule has 4 unspecified atom stereocenters. The fourth-order valence-electron chi connectivity index (χ4n) is 2.52. The highest BCUT2D eigenvalue weighted by Crippen LogP contribution is 2.47. The zero-order valence-corrected chi connectivity index (χ0v) is 8.20. The summed E-state index contributed by atoms with van der Waals surface area (Å²) in [6, 6.07) is 2.18. The Bertz CT molecular complexity index is 221. The molecule has 74 valence electrons. The van der Waals surface area contributed by atoms with Crippen LogP contribution in [0.4, 0.5) is 0 Å². The molecule has 1 saturated carbocycles. The molecule has 4 atom stereocenters. The first-order valence-electron chi connectivity index (χ1n) is 4.76. The van der Waals surface area contributed by atoms with Gasteiger partial charge < -0.3 is 10.2 Å².